The van der Waals surface area contributed by atoms with E-state index in [0.29, 0.717) is 16.7 Å². The minimum Gasteiger partial charge on any atom is -0.303 e. The molecule has 3 rings (SSSR count). The van der Waals surface area contributed by atoms with Crippen LogP contribution in [0.15, 0.2) is 39.9 Å². The molecular weight excluding hydrogens is 232 g/mol. The Kier molecular flexibility index (Phi) is 2.16. The van der Waals surface area contributed by atoms with E-state index in [1.807, 2.05) is 30.3 Å². The van der Waals surface area contributed by atoms with Crippen molar-refractivity contribution in [2.45, 2.75) is 0 Å². The molecule has 0 saturated heterocycles. The van der Waals surface area contributed by atoms with Gasteiger partial charge in [0.05, 0.1) is 0 Å². The Bertz CT molecular complexity index is 827. The van der Waals surface area contributed by atoms with Gasteiger partial charge in [0.2, 0.25) is 0 Å². The zero-order valence-corrected chi connectivity index (χ0v) is 9.60. The van der Waals surface area contributed by atoms with Gasteiger partial charge in [-0.15, -0.1) is 0 Å². The highest BCUT2D eigenvalue weighted by Gasteiger charge is 2.13. The summed E-state index contributed by atoms with van der Waals surface area (Å²) < 4.78 is 1.01. The largest absolute Gasteiger partial charge is 0.328 e. The molecule has 0 aliphatic rings. The molecule has 0 aliphatic carbocycles. The zero-order chi connectivity index (χ0) is 12.7. The first-order valence-corrected chi connectivity index (χ1v) is 5.41. The molecule has 0 bridgehead atoms. The highest BCUT2D eigenvalue weighted by molar-refractivity contribution is 5.88. The number of rotatable bonds is 1. The maximum absolute atomic E-state index is 11.9. The fraction of sp³-hybridized carbons (Fsp3) is 0.0833. The van der Waals surface area contributed by atoms with Gasteiger partial charge >= 0.3 is 5.69 Å². The van der Waals surface area contributed by atoms with Crippen LogP contribution < -0.4 is 11.2 Å². The monoisotopic (exact) mass is 242 g/mol. The number of nitrogens with zero attached hydrogens (tertiary/aromatic N) is 2. The molecular formula is C12H10N4O2. The first kappa shape index (κ1) is 10.5. The summed E-state index contributed by atoms with van der Waals surface area (Å²) in [5.74, 6) is 0. The summed E-state index contributed by atoms with van der Waals surface area (Å²) in [5.41, 5.74) is 1.31. The molecule has 0 atom stereocenters. The fourth-order valence-corrected chi connectivity index (χ4v) is 1.87. The van der Waals surface area contributed by atoms with Gasteiger partial charge in [0.25, 0.3) is 5.56 Å². The molecule has 6 nitrogen and oxygen atoms in total. The maximum atomic E-state index is 11.9. The van der Waals surface area contributed by atoms with Gasteiger partial charge in [-0.3, -0.25) is 14.5 Å². The molecule has 6 heteroatoms. The summed E-state index contributed by atoms with van der Waals surface area (Å²) in [7, 11) is 1.42. The molecule has 0 spiro atoms. The second kappa shape index (κ2) is 3.69. The molecule has 2 N–H and O–H groups in total. The average Bonchev–Trinajstić information content (AvgIpc) is 2.81. The number of nitrogens with one attached hydrogen (secondary N) is 2. The molecule has 0 amide bonds. The molecule has 0 fully saturated rings. The molecule has 0 aliphatic heterocycles. The normalized spacial score (nSPS) is 10.9. The molecule has 2 heterocycles. The number of hydrogen-bond acceptors (Lipinski definition) is 3. The van der Waals surface area contributed by atoms with Crippen molar-refractivity contribution in [2.75, 3.05) is 0 Å². The van der Waals surface area contributed by atoms with Crippen LogP contribution in [0.2, 0.25) is 0 Å². The van der Waals surface area contributed by atoms with E-state index in [1.165, 1.54) is 7.05 Å². The van der Waals surface area contributed by atoms with Crippen LogP contribution in [0.3, 0.4) is 0 Å². The fourth-order valence-electron chi connectivity index (χ4n) is 1.87. The third-order valence-electron chi connectivity index (χ3n) is 2.87. The number of H-pyrrole nitrogens is 2. The third-order valence-corrected chi connectivity index (χ3v) is 2.87. The number of aromatic nitrogens is 4. The van der Waals surface area contributed by atoms with Crippen LogP contribution in [-0.2, 0) is 7.05 Å². The van der Waals surface area contributed by atoms with E-state index in [4.69, 9.17) is 0 Å². The third kappa shape index (κ3) is 1.39. The predicted molar refractivity (Wildman–Crippen MR) is 67.4 cm³/mol. The molecule has 0 saturated carbocycles. The Morgan fingerprint density at radius 1 is 1.11 bits per heavy atom. The van der Waals surface area contributed by atoms with E-state index in [1.54, 1.807) is 0 Å². The van der Waals surface area contributed by atoms with E-state index in [-0.39, 0.29) is 5.56 Å². The summed E-state index contributed by atoms with van der Waals surface area (Å²) in [5, 5.41) is 6.77. The lowest BCUT2D eigenvalue weighted by Gasteiger charge is -1.98. The highest BCUT2D eigenvalue weighted by atomic mass is 16.2. The number of hydrogen-bond donors (Lipinski definition) is 2. The first-order chi connectivity index (χ1) is 8.68. The minimum absolute atomic E-state index is 0.302. The number of aromatic amines is 2. The van der Waals surface area contributed by atoms with Crippen molar-refractivity contribution in [1.82, 2.24) is 19.7 Å². The minimum atomic E-state index is -0.453. The lowest BCUT2D eigenvalue weighted by Crippen LogP contribution is -2.32. The highest BCUT2D eigenvalue weighted by Crippen LogP contribution is 2.21. The molecule has 3 aromatic rings. The van der Waals surface area contributed by atoms with Crippen molar-refractivity contribution in [3.05, 3.63) is 51.2 Å². The van der Waals surface area contributed by atoms with Crippen molar-refractivity contribution in [3.63, 3.8) is 0 Å². The van der Waals surface area contributed by atoms with E-state index >= 15 is 0 Å². The van der Waals surface area contributed by atoms with Crippen molar-refractivity contribution >= 4 is 11.0 Å². The summed E-state index contributed by atoms with van der Waals surface area (Å²) >= 11 is 0. The van der Waals surface area contributed by atoms with Crippen molar-refractivity contribution in [3.8, 4) is 11.3 Å². The van der Waals surface area contributed by atoms with Gasteiger partial charge in [0, 0.05) is 12.6 Å². The summed E-state index contributed by atoms with van der Waals surface area (Å²) in [4.78, 5) is 26.1. The van der Waals surface area contributed by atoms with E-state index in [2.05, 4.69) is 15.2 Å². The van der Waals surface area contributed by atoms with Crippen molar-refractivity contribution in [1.29, 1.82) is 0 Å². The lowest BCUT2D eigenvalue weighted by molar-refractivity contribution is 0.791. The molecule has 0 radical (unpaired) electrons. The number of benzene rings is 1. The van der Waals surface area contributed by atoms with E-state index < -0.39 is 5.69 Å². The van der Waals surface area contributed by atoms with Crippen LogP contribution >= 0.6 is 0 Å². The van der Waals surface area contributed by atoms with Crippen LogP contribution in [0.4, 0.5) is 0 Å². The van der Waals surface area contributed by atoms with Gasteiger partial charge in [0.15, 0.2) is 0 Å². The Morgan fingerprint density at radius 2 is 1.83 bits per heavy atom. The standard InChI is InChI=1S/C12H10N4O2/c1-16-11(17)10-9(13-12(16)18)8(14-15-10)7-5-3-2-4-6-7/h2-6H,1H3,(H,13,18)(H,14,15). The number of fused-ring (bicyclic) bond motifs is 1. The Balaban J connectivity index is 2.41. The van der Waals surface area contributed by atoms with Gasteiger partial charge < -0.3 is 4.98 Å². The van der Waals surface area contributed by atoms with Crippen LogP contribution in [0.5, 0.6) is 0 Å². The summed E-state index contributed by atoms with van der Waals surface area (Å²) in [6.45, 7) is 0. The summed E-state index contributed by atoms with van der Waals surface area (Å²) in [6.07, 6.45) is 0. The summed E-state index contributed by atoms with van der Waals surface area (Å²) in [6, 6.07) is 9.36. The molecule has 0 unspecified atom stereocenters. The second-order valence-electron chi connectivity index (χ2n) is 3.98. The van der Waals surface area contributed by atoms with Gasteiger partial charge in [-0.25, -0.2) is 4.79 Å². The van der Waals surface area contributed by atoms with Gasteiger partial charge in [-0.1, -0.05) is 30.3 Å². The van der Waals surface area contributed by atoms with Crippen LogP contribution in [0.1, 0.15) is 0 Å². The van der Waals surface area contributed by atoms with Gasteiger partial charge in [-0.05, 0) is 0 Å². The molecule has 2 aromatic heterocycles. The SMILES string of the molecule is Cn1c(=O)[nH]c2c(-c3ccccc3)n[nH]c2c1=O. The molecule has 1 aromatic carbocycles. The van der Waals surface area contributed by atoms with Crippen LogP contribution in [0.25, 0.3) is 22.3 Å². The Hall–Kier alpha value is -2.63. The van der Waals surface area contributed by atoms with Crippen molar-refractivity contribution in [2.24, 2.45) is 7.05 Å². The van der Waals surface area contributed by atoms with Gasteiger partial charge in [-0.2, -0.15) is 5.10 Å². The molecule has 90 valence electrons. The Morgan fingerprint density at radius 3 is 2.56 bits per heavy atom. The van der Waals surface area contributed by atoms with Crippen LogP contribution in [-0.4, -0.2) is 19.7 Å². The smallest absolute Gasteiger partial charge is 0.303 e. The first-order valence-electron chi connectivity index (χ1n) is 5.41. The van der Waals surface area contributed by atoms with Crippen molar-refractivity contribution < 1.29 is 0 Å². The second-order valence-corrected chi connectivity index (χ2v) is 3.98. The predicted octanol–water partition coefficient (Wildman–Crippen LogP) is 0.617. The van der Waals surface area contributed by atoms with E-state index in [0.717, 1.165) is 10.1 Å². The lowest BCUT2D eigenvalue weighted by atomic mass is 10.1. The van der Waals surface area contributed by atoms with Gasteiger partial charge in [0.1, 0.15) is 16.7 Å². The quantitative estimate of drug-likeness (QED) is 0.656. The zero-order valence-electron chi connectivity index (χ0n) is 9.60. The average molecular weight is 242 g/mol. The molecule has 18 heavy (non-hydrogen) atoms. The van der Waals surface area contributed by atoms with Crippen LogP contribution in [0, 0.1) is 0 Å². The Labute approximate surface area is 101 Å². The maximum Gasteiger partial charge on any atom is 0.328 e. The van der Waals surface area contributed by atoms with E-state index in [9.17, 15) is 9.59 Å². The topological polar surface area (TPSA) is 83.5 Å².